The van der Waals surface area contributed by atoms with Crippen LogP contribution < -0.4 is 10.6 Å². The molecule has 3 aromatic rings. The number of aryl methyl sites for hydroxylation is 2. The lowest BCUT2D eigenvalue weighted by Gasteiger charge is -2.27. The molecule has 0 saturated carbocycles. The Morgan fingerprint density at radius 3 is 2.25 bits per heavy atom. The first-order chi connectivity index (χ1) is 14.7. The number of amides is 1. The summed E-state index contributed by atoms with van der Waals surface area (Å²) < 4.78 is 39.2. The highest BCUT2D eigenvalue weighted by Gasteiger charge is 2.30. The molecule has 7 heteroatoms. The third-order valence-corrected chi connectivity index (χ3v) is 5.37. The normalized spacial score (nSPS) is 12.1. The van der Waals surface area contributed by atoms with Crippen LogP contribution in [0.1, 0.15) is 33.9 Å². The summed E-state index contributed by atoms with van der Waals surface area (Å²) in [6, 6.07) is 19.0. The third kappa shape index (κ3) is 6.11. The number of carbonyl (C=O) groups excluding carboxylic acids is 1. The topological polar surface area (TPSA) is 46.3 Å². The monoisotopic (exact) mass is 462 g/mol. The highest BCUT2D eigenvalue weighted by Crippen LogP contribution is 2.30. The number of benzene rings is 3. The molecule has 0 aliphatic rings. The molecule has 0 aromatic heterocycles. The molecule has 0 spiro atoms. The predicted octanol–water partition coefficient (Wildman–Crippen LogP) is 6.02. The summed E-state index contributed by atoms with van der Waals surface area (Å²) >= 11 is 0. The van der Waals surface area contributed by atoms with E-state index in [1.807, 2.05) is 50.2 Å². The molecule has 0 aliphatic carbocycles. The van der Waals surface area contributed by atoms with Gasteiger partial charge in [-0.05, 0) is 60.7 Å². The predicted molar refractivity (Wildman–Crippen MR) is 124 cm³/mol. The molecule has 1 atom stereocenters. The molecule has 0 saturated heterocycles. The smallest absolute Gasteiger partial charge is 0.316 e. The lowest BCUT2D eigenvalue weighted by Crippen LogP contribution is -2.40. The Balaban J connectivity index is 0.00000363. The van der Waals surface area contributed by atoms with Crippen LogP contribution in [0.15, 0.2) is 72.8 Å². The summed E-state index contributed by atoms with van der Waals surface area (Å²) in [5, 5.41) is 0. The van der Waals surface area contributed by atoms with E-state index in [0.717, 1.165) is 23.3 Å². The molecule has 170 valence electrons. The number of carbonyl (C=O) groups is 1. The van der Waals surface area contributed by atoms with Crippen molar-refractivity contribution in [3.05, 3.63) is 101 Å². The number of alkyl halides is 3. The maximum atomic E-state index is 13.3. The van der Waals surface area contributed by atoms with Gasteiger partial charge in [0, 0.05) is 12.2 Å². The van der Waals surface area contributed by atoms with Gasteiger partial charge in [-0.1, -0.05) is 54.6 Å². The van der Waals surface area contributed by atoms with Gasteiger partial charge in [-0.3, -0.25) is 4.79 Å². The lowest BCUT2D eigenvalue weighted by molar-refractivity contribution is -0.137. The summed E-state index contributed by atoms with van der Waals surface area (Å²) in [7, 11) is 0. The summed E-state index contributed by atoms with van der Waals surface area (Å²) in [6.07, 6.45) is -4.14. The average molecular weight is 463 g/mol. The molecule has 3 rings (SSSR count). The largest absolute Gasteiger partial charge is 0.416 e. The Kier molecular flexibility index (Phi) is 8.47. The first kappa shape index (κ1) is 25.4. The second-order valence-corrected chi connectivity index (χ2v) is 7.59. The van der Waals surface area contributed by atoms with Crippen molar-refractivity contribution in [3.63, 3.8) is 0 Å². The van der Waals surface area contributed by atoms with Gasteiger partial charge in [0.2, 0.25) is 5.91 Å². The van der Waals surface area contributed by atoms with Crippen LogP contribution in [0.4, 0.5) is 18.9 Å². The van der Waals surface area contributed by atoms with Gasteiger partial charge < -0.3 is 10.6 Å². The van der Waals surface area contributed by atoms with E-state index in [4.69, 9.17) is 5.73 Å². The average Bonchev–Trinajstić information content (AvgIpc) is 2.76. The zero-order valence-corrected chi connectivity index (χ0v) is 18.7. The van der Waals surface area contributed by atoms with Crippen molar-refractivity contribution < 1.29 is 18.0 Å². The molecule has 0 aliphatic heterocycles. The minimum absolute atomic E-state index is 0. The summed E-state index contributed by atoms with van der Waals surface area (Å²) in [5.74, 6) is -0.304. The maximum Gasteiger partial charge on any atom is 0.416 e. The highest BCUT2D eigenvalue weighted by atomic mass is 35.5. The zero-order chi connectivity index (χ0) is 22.6. The second kappa shape index (κ2) is 10.7. The molecule has 3 aromatic carbocycles. The molecule has 1 amide bonds. The van der Waals surface area contributed by atoms with Gasteiger partial charge in [-0.25, -0.2) is 0 Å². The van der Waals surface area contributed by atoms with Crippen LogP contribution in [0.3, 0.4) is 0 Å². The van der Waals surface area contributed by atoms with E-state index < -0.39 is 17.8 Å². The lowest BCUT2D eigenvalue weighted by atomic mass is 10.0. The van der Waals surface area contributed by atoms with Gasteiger partial charge >= 0.3 is 6.18 Å². The molecule has 2 N–H and O–H groups in total. The van der Waals surface area contributed by atoms with Gasteiger partial charge in [0.15, 0.2) is 0 Å². The van der Waals surface area contributed by atoms with Crippen molar-refractivity contribution in [2.75, 3.05) is 11.4 Å². The first-order valence-electron chi connectivity index (χ1n) is 10.0. The van der Waals surface area contributed by atoms with Crippen LogP contribution in [0.5, 0.6) is 0 Å². The fraction of sp³-hybridized carbons (Fsp3) is 0.240. The van der Waals surface area contributed by atoms with Crippen molar-refractivity contribution in [1.29, 1.82) is 0 Å². The molecular weight excluding hydrogens is 437 g/mol. The van der Waals surface area contributed by atoms with Crippen molar-refractivity contribution in [3.8, 4) is 0 Å². The van der Waals surface area contributed by atoms with Crippen molar-refractivity contribution in [1.82, 2.24) is 0 Å². The van der Waals surface area contributed by atoms with Crippen LogP contribution in [-0.4, -0.2) is 12.5 Å². The van der Waals surface area contributed by atoms with Crippen LogP contribution in [-0.2, 0) is 17.4 Å². The van der Waals surface area contributed by atoms with Gasteiger partial charge in [0.25, 0.3) is 0 Å². The van der Waals surface area contributed by atoms with E-state index in [0.29, 0.717) is 16.8 Å². The number of nitrogens with two attached hydrogens (primary N) is 1. The van der Waals surface area contributed by atoms with E-state index >= 15 is 0 Å². The number of hydrogen-bond acceptors (Lipinski definition) is 2. The minimum atomic E-state index is -4.41. The van der Waals surface area contributed by atoms with Gasteiger partial charge in [-0.15, -0.1) is 12.4 Å². The van der Waals surface area contributed by atoms with E-state index in [9.17, 15) is 18.0 Å². The standard InChI is InChI=1S/C25H25F3N2O.ClH/c1-17-11-12-22(15-18(17)2)30(24(31)23(29)20-8-4-3-5-9-20)14-13-19-7-6-10-21(16-19)25(26,27)28;/h3-12,15-16,23H,13-14,29H2,1-2H3;1H/t23-;/m0./s1. The Labute approximate surface area is 192 Å². The SMILES string of the molecule is Cc1ccc(N(CCc2cccc(C(F)(F)F)c2)C(=O)[C@@H](N)c2ccccc2)cc1C.Cl. The van der Waals surface area contributed by atoms with Crippen molar-refractivity contribution in [2.45, 2.75) is 32.5 Å². The number of nitrogens with zero attached hydrogens (tertiary/aromatic N) is 1. The Hall–Kier alpha value is -2.83. The summed E-state index contributed by atoms with van der Waals surface area (Å²) in [4.78, 5) is 14.9. The molecule has 3 nitrogen and oxygen atoms in total. The van der Waals surface area contributed by atoms with Gasteiger partial charge in [0.1, 0.15) is 6.04 Å². The zero-order valence-electron chi connectivity index (χ0n) is 17.9. The number of rotatable bonds is 6. The first-order valence-corrected chi connectivity index (χ1v) is 10.0. The van der Waals surface area contributed by atoms with Gasteiger partial charge in [-0.2, -0.15) is 13.2 Å². The van der Waals surface area contributed by atoms with Crippen LogP contribution in [0, 0.1) is 13.8 Å². The third-order valence-electron chi connectivity index (χ3n) is 5.37. The fourth-order valence-corrected chi connectivity index (χ4v) is 3.37. The summed E-state index contributed by atoms with van der Waals surface area (Å²) in [6.45, 7) is 4.14. The Bertz CT molecular complexity index is 1050. The second-order valence-electron chi connectivity index (χ2n) is 7.59. The summed E-state index contributed by atoms with van der Waals surface area (Å²) in [5.41, 5.74) is 9.51. The van der Waals surface area contributed by atoms with E-state index in [1.165, 1.54) is 6.07 Å². The van der Waals surface area contributed by atoms with Crippen LogP contribution >= 0.6 is 12.4 Å². The molecule has 0 fully saturated rings. The number of hydrogen-bond donors (Lipinski definition) is 1. The molecule has 0 heterocycles. The number of halogens is 4. The molecule has 0 radical (unpaired) electrons. The quantitative estimate of drug-likeness (QED) is 0.487. The van der Waals surface area contributed by atoms with Crippen LogP contribution in [0.25, 0.3) is 0 Å². The molecule has 32 heavy (non-hydrogen) atoms. The van der Waals surface area contributed by atoms with Crippen LogP contribution in [0.2, 0.25) is 0 Å². The van der Waals surface area contributed by atoms with E-state index in [-0.39, 0.29) is 31.3 Å². The van der Waals surface area contributed by atoms with E-state index in [2.05, 4.69) is 0 Å². The Morgan fingerprint density at radius 1 is 0.938 bits per heavy atom. The highest BCUT2D eigenvalue weighted by molar-refractivity contribution is 5.97. The molecular formula is C25H26ClF3N2O. The molecule has 0 unspecified atom stereocenters. The molecule has 0 bridgehead atoms. The van der Waals surface area contributed by atoms with E-state index in [1.54, 1.807) is 23.1 Å². The fourth-order valence-electron chi connectivity index (χ4n) is 3.37. The van der Waals surface area contributed by atoms with Crippen molar-refractivity contribution >= 4 is 24.0 Å². The minimum Gasteiger partial charge on any atom is -0.316 e. The Morgan fingerprint density at radius 2 is 1.62 bits per heavy atom. The maximum absolute atomic E-state index is 13.3. The van der Waals surface area contributed by atoms with Crippen molar-refractivity contribution in [2.24, 2.45) is 5.73 Å². The number of anilines is 1. The van der Waals surface area contributed by atoms with Gasteiger partial charge in [0.05, 0.1) is 5.56 Å².